The van der Waals surface area contributed by atoms with Gasteiger partial charge in [0.2, 0.25) is 0 Å². The Balaban J connectivity index is 2.16. The third kappa shape index (κ3) is 2.36. The van der Waals surface area contributed by atoms with E-state index in [9.17, 15) is 4.79 Å². The summed E-state index contributed by atoms with van der Waals surface area (Å²) in [7, 11) is 1.72. The zero-order valence-corrected chi connectivity index (χ0v) is 11.6. The second-order valence-corrected chi connectivity index (χ2v) is 4.73. The molecule has 6 nitrogen and oxygen atoms in total. The number of hydrogen-bond donors (Lipinski definition) is 1. The van der Waals surface area contributed by atoms with Crippen LogP contribution in [0.25, 0.3) is 28.5 Å². The molecule has 108 valence electrons. The van der Waals surface area contributed by atoms with Gasteiger partial charge in [0.05, 0.1) is 0 Å². The second kappa shape index (κ2) is 5.22. The molecule has 0 saturated heterocycles. The van der Waals surface area contributed by atoms with Gasteiger partial charge in [0.1, 0.15) is 22.9 Å². The van der Waals surface area contributed by atoms with Gasteiger partial charge in [-0.3, -0.25) is 4.68 Å². The van der Waals surface area contributed by atoms with E-state index in [1.54, 1.807) is 24.0 Å². The fourth-order valence-corrected chi connectivity index (χ4v) is 2.20. The lowest BCUT2D eigenvalue weighted by molar-refractivity contribution is -0.132. The number of furan rings is 1. The molecule has 22 heavy (non-hydrogen) atoms. The molecule has 0 saturated carbocycles. The summed E-state index contributed by atoms with van der Waals surface area (Å²) in [5.41, 5.74) is 1.37. The first-order valence-electron chi connectivity index (χ1n) is 6.46. The summed E-state index contributed by atoms with van der Waals surface area (Å²) in [4.78, 5) is 11.0. The van der Waals surface area contributed by atoms with Crippen molar-refractivity contribution in [3.63, 3.8) is 0 Å². The predicted molar refractivity (Wildman–Crippen MR) is 79.6 cm³/mol. The van der Waals surface area contributed by atoms with Crippen LogP contribution in [-0.4, -0.2) is 20.9 Å². The van der Waals surface area contributed by atoms with Gasteiger partial charge in [0, 0.05) is 24.2 Å². The molecule has 0 aliphatic rings. The average molecular weight is 293 g/mol. The molecule has 2 heterocycles. The molecule has 0 fully saturated rings. The van der Waals surface area contributed by atoms with Crippen LogP contribution in [0.4, 0.5) is 0 Å². The van der Waals surface area contributed by atoms with Gasteiger partial charge in [-0.25, -0.2) is 4.79 Å². The number of para-hydroxylation sites is 1. The topological polar surface area (TPSA) is 92.0 Å². The molecule has 0 atom stereocenters. The van der Waals surface area contributed by atoms with E-state index in [1.165, 1.54) is 6.08 Å². The lowest BCUT2D eigenvalue weighted by atomic mass is 10.1. The Morgan fingerprint density at radius 3 is 2.91 bits per heavy atom. The Kier molecular flexibility index (Phi) is 3.24. The first-order valence-corrected chi connectivity index (χ1v) is 6.46. The highest BCUT2D eigenvalue weighted by Crippen LogP contribution is 2.29. The number of nitrogens with zero attached hydrogens (tertiary/aromatic N) is 3. The van der Waals surface area contributed by atoms with E-state index >= 15 is 0 Å². The van der Waals surface area contributed by atoms with Gasteiger partial charge >= 0.3 is 5.97 Å². The maximum Gasteiger partial charge on any atom is 0.346 e. The van der Waals surface area contributed by atoms with Crippen LogP contribution in [0.3, 0.4) is 0 Å². The van der Waals surface area contributed by atoms with Crippen LogP contribution >= 0.6 is 0 Å². The molecule has 0 unspecified atom stereocenters. The Hall–Kier alpha value is -3.33. The molecular formula is C16H11N3O3. The van der Waals surface area contributed by atoms with Gasteiger partial charge in [0.25, 0.3) is 0 Å². The lowest BCUT2D eigenvalue weighted by Gasteiger charge is -1.94. The van der Waals surface area contributed by atoms with Gasteiger partial charge in [-0.05, 0) is 18.2 Å². The first-order chi connectivity index (χ1) is 10.6. The van der Waals surface area contributed by atoms with Crippen LogP contribution in [0.2, 0.25) is 0 Å². The Morgan fingerprint density at radius 1 is 1.45 bits per heavy atom. The summed E-state index contributed by atoms with van der Waals surface area (Å²) in [5.74, 6) is -0.752. The van der Waals surface area contributed by atoms with Crippen LogP contribution < -0.4 is 0 Å². The molecule has 2 aromatic heterocycles. The van der Waals surface area contributed by atoms with E-state index in [0.29, 0.717) is 17.0 Å². The van der Waals surface area contributed by atoms with Crippen molar-refractivity contribution in [2.45, 2.75) is 0 Å². The number of carbonyl (C=O) groups is 1. The van der Waals surface area contributed by atoms with Crippen molar-refractivity contribution in [3.05, 3.63) is 47.7 Å². The molecule has 0 bridgehead atoms. The van der Waals surface area contributed by atoms with E-state index in [4.69, 9.17) is 14.8 Å². The standard InChI is InChI=1S/C16H11N3O3/c1-19-9-12(6-11(8-17)16(20)21)15(18-19)14-7-10-4-2-3-5-13(10)22-14/h2-7,9H,1H3,(H,20,21)/b11-6+. The minimum absolute atomic E-state index is 0.356. The van der Waals surface area contributed by atoms with Crippen molar-refractivity contribution < 1.29 is 14.3 Å². The van der Waals surface area contributed by atoms with Crippen molar-refractivity contribution in [1.29, 1.82) is 5.26 Å². The Labute approximate surface area is 125 Å². The van der Waals surface area contributed by atoms with Crippen LogP contribution in [-0.2, 0) is 11.8 Å². The fraction of sp³-hybridized carbons (Fsp3) is 0.0625. The summed E-state index contributed by atoms with van der Waals surface area (Å²) < 4.78 is 7.30. The third-order valence-corrected chi connectivity index (χ3v) is 3.17. The summed E-state index contributed by atoms with van der Waals surface area (Å²) in [5, 5.41) is 23.1. The molecule has 0 radical (unpaired) electrons. The van der Waals surface area contributed by atoms with Crippen LogP contribution in [0.15, 0.2) is 46.5 Å². The van der Waals surface area contributed by atoms with Crippen LogP contribution in [0.1, 0.15) is 5.56 Å². The zero-order valence-electron chi connectivity index (χ0n) is 11.6. The maximum atomic E-state index is 11.0. The lowest BCUT2D eigenvalue weighted by Crippen LogP contribution is -1.97. The highest BCUT2D eigenvalue weighted by molar-refractivity contribution is 5.97. The molecule has 6 heteroatoms. The monoisotopic (exact) mass is 293 g/mol. The van der Waals surface area contributed by atoms with E-state index in [1.807, 2.05) is 30.3 Å². The van der Waals surface area contributed by atoms with Crippen molar-refractivity contribution in [3.8, 4) is 17.5 Å². The van der Waals surface area contributed by atoms with Crippen molar-refractivity contribution in [2.24, 2.45) is 7.05 Å². The molecule has 0 amide bonds. The molecule has 3 rings (SSSR count). The summed E-state index contributed by atoms with van der Waals surface area (Å²) in [6, 6.07) is 11.0. The number of rotatable bonds is 3. The van der Waals surface area contributed by atoms with Gasteiger partial charge in [-0.2, -0.15) is 10.4 Å². The number of carboxylic acid groups (broad SMARTS) is 1. The average Bonchev–Trinajstić information content (AvgIpc) is 3.07. The number of aryl methyl sites for hydroxylation is 1. The van der Waals surface area contributed by atoms with Crippen LogP contribution in [0, 0.1) is 11.3 Å². The van der Waals surface area contributed by atoms with Gasteiger partial charge in [-0.15, -0.1) is 0 Å². The summed E-state index contributed by atoms with van der Waals surface area (Å²) in [6.07, 6.45) is 2.93. The number of aromatic nitrogens is 2. The van der Waals surface area contributed by atoms with Crippen molar-refractivity contribution >= 4 is 23.0 Å². The smallest absolute Gasteiger partial charge is 0.346 e. The van der Waals surface area contributed by atoms with Gasteiger partial charge in [0.15, 0.2) is 5.76 Å². The highest BCUT2D eigenvalue weighted by atomic mass is 16.4. The number of nitriles is 1. The van der Waals surface area contributed by atoms with Crippen molar-refractivity contribution in [2.75, 3.05) is 0 Å². The molecule has 0 aliphatic heterocycles. The molecule has 3 aromatic rings. The second-order valence-electron chi connectivity index (χ2n) is 4.73. The quantitative estimate of drug-likeness (QED) is 0.592. The van der Waals surface area contributed by atoms with E-state index in [-0.39, 0.29) is 5.57 Å². The predicted octanol–water partition coefficient (Wildman–Crippen LogP) is 2.82. The molecule has 0 spiro atoms. The molecule has 1 aromatic carbocycles. The number of fused-ring (bicyclic) bond motifs is 1. The van der Waals surface area contributed by atoms with Gasteiger partial charge < -0.3 is 9.52 Å². The molecular weight excluding hydrogens is 282 g/mol. The minimum atomic E-state index is -1.28. The van der Waals surface area contributed by atoms with Crippen LogP contribution in [0.5, 0.6) is 0 Å². The Bertz CT molecular complexity index is 908. The summed E-state index contributed by atoms with van der Waals surface area (Å²) >= 11 is 0. The highest BCUT2D eigenvalue weighted by Gasteiger charge is 2.15. The largest absolute Gasteiger partial charge is 0.477 e. The number of aliphatic carboxylic acids is 1. The zero-order chi connectivity index (χ0) is 15.7. The normalized spacial score (nSPS) is 11.5. The third-order valence-electron chi connectivity index (χ3n) is 3.17. The number of benzene rings is 1. The maximum absolute atomic E-state index is 11.0. The van der Waals surface area contributed by atoms with Gasteiger partial charge in [-0.1, -0.05) is 18.2 Å². The fourth-order valence-electron chi connectivity index (χ4n) is 2.20. The molecule has 1 N–H and O–H groups in total. The minimum Gasteiger partial charge on any atom is -0.477 e. The molecule has 0 aliphatic carbocycles. The van der Waals surface area contributed by atoms with Crippen molar-refractivity contribution in [1.82, 2.24) is 9.78 Å². The number of carboxylic acids is 1. The first kappa shape index (κ1) is 13.6. The summed E-state index contributed by atoms with van der Waals surface area (Å²) in [6.45, 7) is 0. The van der Waals surface area contributed by atoms with E-state index < -0.39 is 5.97 Å². The van der Waals surface area contributed by atoms with E-state index in [2.05, 4.69) is 5.10 Å². The number of hydrogen-bond acceptors (Lipinski definition) is 4. The SMILES string of the molecule is Cn1cc(/C=C(\C#N)C(=O)O)c(-c2cc3ccccc3o2)n1. The Morgan fingerprint density at radius 2 is 2.23 bits per heavy atom. The van der Waals surface area contributed by atoms with E-state index in [0.717, 1.165) is 11.0 Å².